The molecule has 0 aliphatic carbocycles. The lowest BCUT2D eigenvalue weighted by atomic mass is 10.3. The molecule has 0 atom stereocenters. The van der Waals surface area contributed by atoms with Crippen LogP contribution >= 0.6 is 0 Å². The molecular formula is C15H19N3O3. The molecule has 0 aliphatic rings. The Morgan fingerprint density at radius 1 is 1.33 bits per heavy atom. The lowest BCUT2D eigenvalue weighted by Gasteiger charge is -2.19. The molecule has 112 valence electrons. The summed E-state index contributed by atoms with van der Waals surface area (Å²) in [6.45, 7) is 4.34. The third-order valence-electron chi connectivity index (χ3n) is 3.11. The molecule has 6 heteroatoms. The van der Waals surface area contributed by atoms with Crippen molar-refractivity contribution in [3.8, 4) is 0 Å². The Bertz CT molecular complexity index is 603. The number of nitrogens with zero attached hydrogens (tertiary/aromatic N) is 3. The minimum Gasteiger partial charge on any atom is -0.465 e. The van der Waals surface area contributed by atoms with Crippen LogP contribution in [0.1, 0.15) is 19.5 Å². The molecule has 0 spiro atoms. The smallest absolute Gasteiger partial charge is 0.325 e. The van der Waals surface area contributed by atoms with Crippen molar-refractivity contribution in [2.45, 2.75) is 20.3 Å². The molecule has 2 aromatic heterocycles. The molecule has 0 radical (unpaired) electrons. The maximum Gasteiger partial charge on any atom is 0.325 e. The number of hydrogen-bond acceptors (Lipinski definition) is 4. The van der Waals surface area contributed by atoms with E-state index in [0.29, 0.717) is 18.8 Å². The van der Waals surface area contributed by atoms with Crippen molar-refractivity contribution in [3.63, 3.8) is 0 Å². The second-order valence-corrected chi connectivity index (χ2v) is 4.59. The highest BCUT2D eigenvalue weighted by Crippen LogP contribution is 2.07. The van der Waals surface area contributed by atoms with Gasteiger partial charge < -0.3 is 14.0 Å². The first-order chi connectivity index (χ1) is 10.1. The van der Waals surface area contributed by atoms with E-state index in [9.17, 15) is 9.59 Å². The van der Waals surface area contributed by atoms with Gasteiger partial charge in [-0.05, 0) is 26.0 Å². The molecular weight excluding hydrogens is 270 g/mol. The van der Waals surface area contributed by atoms with Gasteiger partial charge in [0.25, 0.3) is 0 Å². The number of ether oxygens (including phenoxy) is 1. The minimum atomic E-state index is -0.386. The van der Waals surface area contributed by atoms with Gasteiger partial charge in [-0.15, -0.1) is 0 Å². The first kappa shape index (κ1) is 15.0. The summed E-state index contributed by atoms with van der Waals surface area (Å²) in [4.78, 5) is 29.6. The first-order valence-corrected chi connectivity index (χ1v) is 7.00. The van der Waals surface area contributed by atoms with Crippen LogP contribution in [-0.4, -0.2) is 45.9 Å². The van der Waals surface area contributed by atoms with Gasteiger partial charge in [0.2, 0.25) is 5.91 Å². The van der Waals surface area contributed by atoms with Crippen LogP contribution in [-0.2, 0) is 20.7 Å². The average Bonchev–Trinajstić information content (AvgIpc) is 2.87. The van der Waals surface area contributed by atoms with Gasteiger partial charge in [0.15, 0.2) is 0 Å². The van der Waals surface area contributed by atoms with Crippen molar-refractivity contribution in [2.75, 3.05) is 19.7 Å². The number of amides is 1. The second-order valence-electron chi connectivity index (χ2n) is 4.59. The molecule has 0 saturated carbocycles. The van der Waals surface area contributed by atoms with Crippen LogP contribution in [0.15, 0.2) is 30.6 Å². The Kier molecular flexibility index (Phi) is 4.92. The van der Waals surface area contributed by atoms with Crippen molar-refractivity contribution >= 4 is 17.5 Å². The molecule has 0 saturated heterocycles. The van der Waals surface area contributed by atoms with Gasteiger partial charge in [0.1, 0.15) is 12.2 Å². The number of likely N-dealkylation sites (N-methyl/N-ethyl adjacent to an activating group) is 1. The monoisotopic (exact) mass is 289 g/mol. The molecule has 0 aliphatic heterocycles. The predicted molar refractivity (Wildman–Crippen MR) is 77.8 cm³/mol. The zero-order valence-corrected chi connectivity index (χ0v) is 12.3. The van der Waals surface area contributed by atoms with Crippen molar-refractivity contribution in [3.05, 3.63) is 36.3 Å². The Hall–Kier alpha value is -2.37. The van der Waals surface area contributed by atoms with Crippen LogP contribution in [0.25, 0.3) is 5.65 Å². The van der Waals surface area contributed by atoms with E-state index in [-0.39, 0.29) is 24.8 Å². The Morgan fingerprint density at radius 3 is 2.81 bits per heavy atom. The highest BCUT2D eigenvalue weighted by molar-refractivity contribution is 5.83. The Labute approximate surface area is 123 Å². The summed E-state index contributed by atoms with van der Waals surface area (Å²) in [6.07, 6.45) is 3.88. The third kappa shape index (κ3) is 3.81. The van der Waals surface area contributed by atoms with Gasteiger partial charge in [0.05, 0.1) is 18.7 Å². The molecule has 2 rings (SSSR count). The summed E-state index contributed by atoms with van der Waals surface area (Å²) in [6, 6.07) is 5.68. The molecule has 1 amide bonds. The quantitative estimate of drug-likeness (QED) is 0.752. The van der Waals surface area contributed by atoms with Gasteiger partial charge in [-0.1, -0.05) is 6.07 Å². The second kappa shape index (κ2) is 6.88. The molecule has 0 unspecified atom stereocenters. The van der Waals surface area contributed by atoms with Crippen LogP contribution in [0.4, 0.5) is 0 Å². The number of pyridine rings is 1. The summed E-state index contributed by atoms with van der Waals surface area (Å²) in [5.74, 6) is -0.517. The molecule has 21 heavy (non-hydrogen) atoms. The SMILES string of the molecule is CCOC(=O)CN(CC)C(=O)Cc1cn2ccccc2n1. The molecule has 0 N–H and O–H groups in total. The summed E-state index contributed by atoms with van der Waals surface area (Å²) in [5, 5.41) is 0. The summed E-state index contributed by atoms with van der Waals surface area (Å²) in [5.41, 5.74) is 1.49. The topological polar surface area (TPSA) is 63.9 Å². The van der Waals surface area contributed by atoms with E-state index in [1.807, 2.05) is 41.9 Å². The number of carbonyl (C=O) groups excluding carboxylic acids is 2. The van der Waals surface area contributed by atoms with Crippen molar-refractivity contribution < 1.29 is 14.3 Å². The van der Waals surface area contributed by atoms with E-state index in [2.05, 4.69) is 4.98 Å². The van der Waals surface area contributed by atoms with Gasteiger partial charge in [-0.2, -0.15) is 0 Å². The van der Waals surface area contributed by atoms with Crippen LogP contribution < -0.4 is 0 Å². The number of hydrogen-bond donors (Lipinski definition) is 0. The zero-order chi connectivity index (χ0) is 15.2. The maximum absolute atomic E-state index is 12.2. The molecule has 0 bridgehead atoms. The third-order valence-corrected chi connectivity index (χ3v) is 3.11. The van der Waals surface area contributed by atoms with E-state index in [1.165, 1.54) is 4.90 Å². The van der Waals surface area contributed by atoms with Crippen molar-refractivity contribution in [1.82, 2.24) is 14.3 Å². The van der Waals surface area contributed by atoms with E-state index < -0.39 is 0 Å². The van der Waals surface area contributed by atoms with Crippen molar-refractivity contribution in [2.24, 2.45) is 0 Å². The predicted octanol–water partition coefficient (Wildman–Crippen LogP) is 1.29. The maximum atomic E-state index is 12.2. The average molecular weight is 289 g/mol. The van der Waals surface area contributed by atoms with Gasteiger partial charge in [-0.3, -0.25) is 9.59 Å². The summed E-state index contributed by atoms with van der Waals surface area (Å²) in [7, 11) is 0. The fourth-order valence-electron chi connectivity index (χ4n) is 2.08. The summed E-state index contributed by atoms with van der Waals surface area (Å²) < 4.78 is 6.74. The lowest BCUT2D eigenvalue weighted by molar-refractivity contribution is -0.148. The summed E-state index contributed by atoms with van der Waals surface area (Å²) >= 11 is 0. The number of imidazole rings is 1. The van der Waals surface area contributed by atoms with Gasteiger partial charge in [0, 0.05) is 18.9 Å². The van der Waals surface area contributed by atoms with E-state index >= 15 is 0 Å². The highest BCUT2D eigenvalue weighted by Gasteiger charge is 2.17. The lowest BCUT2D eigenvalue weighted by Crippen LogP contribution is -2.37. The Morgan fingerprint density at radius 2 is 2.14 bits per heavy atom. The van der Waals surface area contributed by atoms with E-state index in [4.69, 9.17) is 4.74 Å². The van der Waals surface area contributed by atoms with Crippen LogP contribution in [0.3, 0.4) is 0 Å². The van der Waals surface area contributed by atoms with Gasteiger partial charge >= 0.3 is 5.97 Å². The zero-order valence-electron chi connectivity index (χ0n) is 12.3. The molecule has 6 nitrogen and oxygen atoms in total. The Balaban J connectivity index is 2.02. The fraction of sp³-hybridized carbons (Fsp3) is 0.400. The fourth-order valence-corrected chi connectivity index (χ4v) is 2.08. The highest BCUT2D eigenvalue weighted by atomic mass is 16.5. The number of carbonyl (C=O) groups is 2. The van der Waals surface area contributed by atoms with Crippen LogP contribution in [0.2, 0.25) is 0 Å². The van der Waals surface area contributed by atoms with Crippen LogP contribution in [0, 0.1) is 0 Å². The normalized spacial score (nSPS) is 10.6. The molecule has 0 aromatic carbocycles. The number of esters is 1. The van der Waals surface area contributed by atoms with E-state index in [0.717, 1.165) is 5.65 Å². The number of rotatable bonds is 6. The van der Waals surface area contributed by atoms with Gasteiger partial charge in [-0.25, -0.2) is 4.98 Å². The standard InChI is InChI=1S/C15H19N3O3/c1-3-17(11-15(20)21-4-2)14(19)9-12-10-18-8-6-5-7-13(18)16-12/h5-8,10H,3-4,9,11H2,1-2H3. The van der Waals surface area contributed by atoms with Crippen LogP contribution in [0.5, 0.6) is 0 Å². The molecule has 0 fully saturated rings. The number of fused-ring (bicyclic) bond motifs is 1. The largest absolute Gasteiger partial charge is 0.465 e. The molecule has 2 aromatic rings. The van der Waals surface area contributed by atoms with Crippen molar-refractivity contribution in [1.29, 1.82) is 0 Å². The minimum absolute atomic E-state index is 0.0173. The number of aromatic nitrogens is 2. The van der Waals surface area contributed by atoms with E-state index in [1.54, 1.807) is 6.92 Å². The molecule has 2 heterocycles. The first-order valence-electron chi connectivity index (χ1n) is 7.00.